The number of cyclic esters (lactones) is 1. The van der Waals surface area contributed by atoms with Crippen LogP contribution in [-0.2, 0) is 9.53 Å². The van der Waals surface area contributed by atoms with Crippen molar-refractivity contribution in [2.75, 3.05) is 19.8 Å². The van der Waals surface area contributed by atoms with E-state index in [0.717, 1.165) is 23.2 Å². The molecule has 6 nitrogen and oxygen atoms in total. The van der Waals surface area contributed by atoms with E-state index in [9.17, 15) is 18.4 Å². The summed E-state index contributed by atoms with van der Waals surface area (Å²) in [7, 11) is 0. The Hall–Kier alpha value is -2.38. The lowest BCUT2D eigenvalue weighted by Gasteiger charge is -2.13. The maximum atomic E-state index is 12.9. The first-order chi connectivity index (χ1) is 10.0. The summed E-state index contributed by atoms with van der Waals surface area (Å²) in [6, 6.07) is 2.86. The van der Waals surface area contributed by atoms with Crippen molar-refractivity contribution in [1.82, 2.24) is 10.4 Å². The predicted molar refractivity (Wildman–Crippen MR) is 67.3 cm³/mol. The Morgan fingerprint density at radius 3 is 2.67 bits per heavy atom. The van der Waals surface area contributed by atoms with E-state index in [1.54, 1.807) is 0 Å². The number of benzene rings is 1. The number of hydrogen-bond acceptors (Lipinski definition) is 4. The molecule has 1 heterocycles. The second kappa shape index (κ2) is 6.87. The highest BCUT2D eigenvalue weighted by Crippen LogP contribution is 2.15. The topological polar surface area (TPSA) is 67.9 Å². The third-order valence-corrected chi connectivity index (χ3v) is 2.67. The van der Waals surface area contributed by atoms with E-state index in [-0.39, 0.29) is 31.3 Å². The SMILES string of the molecule is O=C(CCCOc1cc(F)cc(F)c1)NN1CCOC1=O. The molecule has 0 spiro atoms. The number of halogens is 2. The van der Waals surface area contributed by atoms with Crippen molar-refractivity contribution in [3.8, 4) is 5.75 Å². The summed E-state index contributed by atoms with van der Waals surface area (Å²) in [5.41, 5.74) is 2.39. The number of ether oxygens (including phenoxy) is 2. The van der Waals surface area contributed by atoms with Crippen LogP contribution in [0.3, 0.4) is 0 Å². The Kier molecular flexibility index (Phi) is 4.91. The molecule has 0 bridgehead atoms. The molecule has 21 heavy (non-hydrogen) atoms. The summed E-state index contributed by atoms with van der Waals surface area (Å²) < 4.78 is 35.6. The van der Waals surface area contributed by atoms with Crippen molar-refractivity contribution in [3.63, 3.8) is 0 Å². The zero-order valence-electron chi connectivity index (χ0n) is 11.1. The van der Waals surface area contributed by atoms with Gasteiger partial charge in [-0.25, -0.2) is 18.6 Å². The molecule has 1 aromatic rings. The summed E-state index contributed by atoms with van der Waals surface area (Å²) in [4.78, 5) is 22.6. The predicted octanol–water partition coefficient (Wildman–Crippen LogP) is 1.61. The number of carbonyl (C=O) groups is 2. The van der Waals surface area contributed by atoms with Crippen LogP contribution in [0.4, 0.5) is 13.6 Å². The maximum absolute atomic E-state index is 12.9. The Bertz CT molecular complexity index is 519. The fourth-order valence-corrected chi connectivity index (χ4v) is 1.74. The molecule has 0 atom stereocenters. The zero-order chi connectivity index (χ0) is 15.2. The van der Waals surface area contributed by atoms with Gasteiger partial charge in [0.25, 0.3) is 0 Å². The van der Waals surface area contributed by atoms with E-state index in [0.29, 0.717) is 13.0 Å². The van der Waals surface area contributed by atoms with Crippen LogP contribution in [0, 0.1) is 11.6 Å². The number of carbonyl (C=O) groups excluding carboxylic acids is 2. The molecule has 1 saturated heterocycles. The quantitative estimate of drug-likeness (QED) is 0.810. The number of hydrazine groups is 1. The molecule has 1 aliphatic heterocycles. The van der Waals surface area contributed by atoms with Gasteiger partial charge in [0.2, 0.25) is 5.91 Å². The summed E-state index contributed by atoms with van der Waals surface area (Å²) in [6.07, 6.45) is -0.135. The summed E-state index contributed by atoms with van der Waals surface area (Å²) in [6.45, 7) is 0.678. The van der Waals surface area contributed by atoms with Gasteiger partial charge in [-0.2, -0.15) is 0 Å². The molecule has 0 saturated carbocycles. The second-order valence-electron chi connectivity index (χ2n) is 4.36. The first-order valence-electron chi connectivity index (χ1n) is 6.37. The van der Waals surface area contributed by atoms with E-state index < -0.39 is 17.7 Å². The lowest BCUT2D eigenvalue weighted by molar-refractivity contribution is -0.124. The highest BCUT2D eigenvalue weighted by Gasteiger charge is 2.23. The molecule has 2 rings (SSSR count). The van der Waals surface area contributed by atoms with Gasteiger partial charge < -0.3 is 9.47 Å². The summed E-state index contributed by atoms with van der Waals surface area (Å²) in [5.74, 6) is -1.75. The minimum atomic E-state index is -0.727. The van der Waals surface area contributed by atoms with Gasteiger partial charge in [-0.1, -0.05) is 0 Å². The van der Waals surface area contributed by atoms with Crippen molar-refractivity contribution >= 4 is 12.0 Å². The highest BCUT2D eigenvalue weighted by atomic mass is 19.1. The monoisotopic (exact) mass is 300 g/mol. The van der Waals surface area contributed by atoms with E-state index in [1.807, 2.05) is 0 Å². The standard InChI is InChI=1S/C13H14F2N2O4/c14-9-6-10(15)8-11(7-9)20-4-1-2-12(18)16-17-3-5-21-13(17)19/h6-8H,1-5H2,(H,16,18). The Morgan fingerprint density at radius 2 is 2.05 bits per heavy atom. The molecule has 0 radical (unpaired) electrons. The maximum Gasteiger partial charge on any atom is 0.428 e. The van der Waals surface area contributed by atoms with Crippen molar-refractivity contribution in [2.24, 2.45) is 0 Å². The first kappa shape index (κ1) is 15.0. The number of nitrogens with zero attached hydrogens (tertiary/aromatic N) is 1. The van der Waals surface area contributed by atoms with E-state index in [2.05, 4.69) is 10.2 Å². The smallest absolute Gasteiger partial charge is 0.428 e. The van der Waals surface area contributed by atoms with Crippen molar-refractivity contribution in [1.29, 1.82) is 0 Å². The molecule has 114 valence electrons. The lowest BCUT2D eigenvalue weighted by Crippen LogP contribution is -2.42. The zero-order valence-corrected chi connectivity index (χ0v) is 11.1. The van der Waals surface area contributed by atoms with E-state index in [4.69, 9.17) is 4.74 Å². The fourth-order valence-electron chi connectivity index (χ4n) is 1.74. The van der Waals surface area contributed by atoms with Gasteiger partial charge in [0.15, 0.2) is 0 Å². The average Bonchev–Trinajstić information content (AvgIpc) is 2.79. The summed E-state index contributed by atoms with van der Waals surface area (Å²) >= 11 is 0. The van der Waals surface area contributed by atoms with Gasteiger partial charge >= 0.3 is 6.09 Å². The molecule has 1 fully saturated rings. The number of rotatable bonds is 6. The Balaban J connectivity index is 1.67. The normalized spacial score (nSPS) is 14.0. The molecule has 1 aromatic carbocycles. The van der Waals surface area contributed by atoms with Crippen LogP contribution in [0.1, 0.15) is 12.8 Å². The van der Waals surface area contributed by atoms with E-state index >= 15 is 0 Å². The van der Waals surface area contributed by atoms with Crippen LogP contribution in [0.2, 0.25) is 0 Å². The molecule has 8 heteroatoms. The largest absolute Gasteiger partial charge is 0.493 e. The third-order valence-electron chi connectivity index (χ3n) is 2.67. The lowest BCUT2D eigenvalue weighted by atomic mass is 10.3. The number of nitrogens with one attached hydrogen (secondary N) is 1. The molecule has 1 N–H and O–H groups in total. The third kappa shape index (κ3) is 4.59. The van der Waals surface area contributed by atoms with Crippen LogP contribution < -0.4 is 10.2 Å². The van der Waals surface area contributed by atoms with E-state index in [1.165, 1.54) is 0 Å². The van der Waals surface area contributed by atoms with Gasteiger partial charge in [0.1, 0.15) is 24.0 Å². The van der Waals surface area contributed by atoms with Gasteiger partial charge in [0, 0.05) is 24.6 Å². The van der Waals surface area contributed by atoms with Crippen LogP contribution in [-0.4, -0.2) is 36.8 Å². The Morgan fingerprint density at radius 1 is 1.33 bits per heavy atom. The Labute approximate surface area is 119 Å². The molecular formula is C13H14F2N2O4. The number of hydrogen-bond donors (Lipinski definition) is 1. The minimum absolute atomic E-state index is 0.0658. The molecule has 0 aromatic heterocycles. The molecule has 0 unspecified atom stereocenters. The van der Waals surface area contributed by atoms with Crippen LogP contribution >= 0.6 is 0 Å². The van der Waals surface area contributed by atoms with Crippen molar-refractivity contribution < 1.29 is 27.8 Å². The van der Waals surface area contributed by atoms with Crippen LogP contribution in [0.15, 0.2) is 18.2 Å². The van der Waals surface area contributed by atoms with Gasteiger partial charge in [-0.3, -0.25) is 10.2 Å². The second-order valence-corrected chi connectivity index (χ2v) is 4.36. The molecule has 2 amide bonds. The van der Waals surface area contributed by atoms with Crippen molar-refractivity contribution in [2.45, 2.75) is 12.8 Å². The molecule has 0 aliphatic carbocycles. The average molecular weight is 300 g/mol. The molecule has 1 aliphatic rings. The molecular weight excluding hydrogens is 286 g/mol. The van der Waals surface area contributed by atoms with Crippen LogP contribution in [0.25, 0.3) is 0 Å². The van der Waals surface area contributed by atoms with Crippen molar-refractivity contribution in [3.05, 3.63) is 29.8 Å². The van der Waals surface area contributed by atoms with Gasteiger partial charge in [-0.05, 0) is 6.42 Å². The minimum Gasteiger partial charge on any atom is -0.493 e. The highest BCUT2D eigenvalue weighted by molar-refractivity contribution is 5.79. The summed E-state index contributed by atoms with van der Waals surface area (Å²) in [5, 5.41) is 1.09. The fraction of sp³-hybridized carbons (Fsp3) is 0.385. The first-order valence-corrected chi connectivity index (χ1v) is 6.37. The van der Waals surface area contributed by atoms with Gasteiger partial charge in [0.05, 0.1) is 13.2 Å². The van der Waals surface area contributed by atoms with Crippen LogP contribution in [0.5, 0.6) is 5.75 Å². The van der Waals surface area contributed by atoms with Gasteiger partial charge in [-0.15, -0.1) is 0 Å². The number of amides is 2.